The van der Waals surface area contributed by atoms with Crippen molar-refractivity contribution in [3.8, 4) is 17.2 Å². The topological polar surface area (TPSA) is 90.1 Å². The second kappa shape index (κ2) is 8.20. The van der Waals surface area contributed by atoms with Crippen molar-refractivity contribution in [1.82, 2.24) is 15.2 Å². The number of hydrogen-bond acceptors (Lipinski definition) is 7. The second-order valence-electron chi connectivity index (χ2n) is 5.20. The van der Waals surface area contributed by atoms with Gasteiger partial charge in [0.05, 0.1) is 18.0 Å². The summed E-state index contributed by atoms with van der Waals surface area (Å²) in [5.74, 6) is 0.663. The molecule has 3 rings (SSSR count). The molecular formula is C17H15ClN4O3S. The number of halogens is 1. The highest BCUT2D eigenvalue weighted by Crippen LogP contribution is 2.30. The number of pyridine rings is 1. The van der Waals surface area contributed by atoms with Crippen molar-refractivity contribution >= 4 is 35.0 Å². The Labute approximate surface area is 159 Å². The fourth-order valence-corrected chi connectivity index (χ4v) is 2.94. The van der Waals surface area contributed by atoms with Crippen LogP contribution in [-0.2, 0) is 4.79 Å². The zero-order valence-electron chi connectivity index (χ0n) is 14.0. The lowest BCUT2D eigenvalue weighted by molar-refractivity contribution is -0.115. The van der Waals surface area contributed by atoms with Crippen molar-refractivity contribution in [2.45, 2.75) is 17.4 Å². The highest BCUT2D eigenvalue weighted by Gasteiger charge is 2.20. The largest absolute Gasteiger partial charge is 0.495 e. The van der Waals surface area contributed by atoms with Crippen molar-refractivity contribution in [3.63, 3.8) is 0 Å². The zero-order chi connectivity index (χ0) is 18.5. The molecule has 2 aromatic heterocycles. The molecule has 0 aliphatic heterocycles. The first-order valence-electron chi connectivity index (χ1n) is 7.62. The number of anilines is 1. The van der Waals surface area contributed by atoms with Crippen molar-refractivity contribution < 1.29 is 13.9 Å². The Hall–Kier alpha value is -2.58. The molecule has 0 radical (unpaired) electrons. The number of ether oxygens (including phenoxy) is 1. The molecule has 1 N–H and O–H groups in total. The molecule has 0 bridgehead atoms. The van der Waals surface area contributed by atoms with Gasteiger partial charge in [-0.2, -0.15) is 0 Å². The van der Waals surface area contributed by atoms with Crippen molar-refractivity contribution in [3.05, 3.63) is 47.7 Å². The van der Waals surface area contributed by atoms with Crippen molar-refractivity contribution in [1.29, 1.82) is 0 Å². The minimum Gasteiger partial charge on any atom is -0.495 e. The summed E-state index contributed by atoms with van der Waals surface area (Å²) in [4.78, 5) is 16.4. The average Bonchev–Trinajstić information content (AvgIpc) is 3.11. The quantitative estimate of drug-likeness (QED) is 0.638. The van der Waals surface area contributed by atoms with E-state index in [1.165, 1.54) is 7.11 Å². The van der Waals surface area contributed by atoms with Crippen LogP contribution in [0.2, 0.25) is 5.02 Å². The Morgan fingerprint density at radius 2 is 2.04 bits per heavy atom. The summed E-state index contributed by atoms with van der Waals surface area (Å²) in [6, 6.07) is 8.54. The zero-order valence-corrected chi connectivity index (χ0v) is 15.5. The predicted octanol–water partition coefficient (Wildman–Crippen LogP) is 3.91. The first kappa shape index (κ1) is 18.2. The third-order valence-corrected chi connectivity index (χ3v) is 4.57. The standard InChI is InChI=1S/C17H15ClN4O3S/c1-10(15(23)20-13-9-12(18)3-4-14(13)24-2)26-17-22-21-16(25-17)11-5-7-19-8-6-11/h3-10H,1-2H3,(H,20,23). The number of carbonyl (C=O) groups is 1. The van der Waals surface area contributed by atoms with Gasteiger partial charge < -0.3 is 14.5 Å². The molecule has 1 amide bonds. The fourth-order valence-electron chi connectivity index (χ4n) is 2.09. The van der Waals surface area contributed by atoms with Gasteiger partial charge in [0, 0.05) is 23.0 Å². The molecule has 0 spiro atoms. The molecule has 2 heterocycles. The second-order valence-corrected chi connectivity index (χ2v) is 6.93. The Morgan fingerprint density at radius 3 is 2.77 bits per heavy atom. The van der Waals surface area contributed by atoms with Crippen molar-refractivity contribution in [2.24, 2.45) is 0 Å². The van der Waals surface area contributed by atoms with Gasteiger partial charge in [-0.25, -0.2) is 0 Å². The van der Waals surface area contributed by atoms with Crippen LogP contribution in [0.4, 0.5) is 5.69 Å². The van der Waals surface area contributed by atoms with E-state index < -0.39 is 5.25 Å². The number of methoxy groups -OCH3 is 1. The molecule has 7 nitrogen and oxygen atoms in total. The van der Waals surface area contributed by atoms with Crippen LogP contribution < -0.4 is 10.1 Å². The number of aromatic nitrogens is 3. The van der Waals surface area contributed by atoms with E-state index in [1.807, 2.05) is 0 Å². The van der Waals surface area contributed by atoms with Crippen LogP contribution in [-0.4, -0.2) is 33.4 Å². The number of benzene rings is 1. The summed E-state index contributed by atoms with van der Waals surface area (Å²) in [6.07, 6.45) is 3.28. The lowest BCUT2D eigenvalue weighted by atomic mass is 10.3. The molecule has 1 unspecified atom stereocenters. The van der Waals surface area contributed by atoms with Gasteiger partial charge in [-0.1, -0.05) is 23.4 Å². The Morgan fingerprint density at radius 1 is 1.27 bits per heavy atom. The van der Waals surface area contributed by atoms with Gasteiger partial charge in [0.15, 0.2) is 0 Å². The number of nitrogens with one attached hydrogen (secondary N) is 1. The summed E-state index contributed by atoms with van der Waals surface area (Å²) in [5, 5.41) is 11.1. The van der Waals surface area contributed by atoms with E-state index in [2.05, 4.69) is 20.5 Å². The minimum atomic E-state index is -0.468. The third-order valence-electron chi connectivity index (χ3n) is 3.40. The molecule has 3 aromatic rings. The maximum absolute atomic E-state index is 12.4. The molecule has 0 aliphatic rings. The molecule has 134 valence electrons. The average molecular weight is 391 g/mol. The molecular weight excluding hydrogens is 376 g/mol. The fraction of sp³-hybridized carbons (Fsp3) is 0.176. The molecule has 26 heavy (non-hydrogen) atoms. The summed E-state index contributed by atoms with van der Waals surface area (Å²) in [6.45, 7) is 1.74. The lowest BCUT2D eigenvalue weighted by Gasteiger charge is -2.13. The normalized spacial score (nSPS) is 11.8. The predicted molar refractivity (Wildman–Crippen MR) is 99.5 cm³/mol. The van der Waals surface area contributed by atoms with E-state index in [1.54, 1.807) is 49.6 Å². The van der Waals surface area contributed by atoms with Crippen LogP contribution in [0.1, 0.15) is 6.92 Å². The smallest absolute Gasteiger partial charge is 0.277 e. The Bertz CT molecular complexity index is 904. The monoisotopic (exact) mass is 390 g/mol. The molecule has 0 saturated carbocycles. The van der Waals surface area contributed by atoms with Gasteiger partial charge >= 0.3 is 0 Å². The van der Waals surface area contributed by atoms with E-state index in [0.717, 1.165) is 17.3 Å². The summed E-state index contributed by atoms with van der Waals surface area (Å²) in [7, 11) is 1.52. The van der Waals surface area contributed by atoms with E-state index in [0.29, 0.717) is 27.6 Å². The first-order valence-corrected chi connectivity index (χ1v) is 8.87. The number of nitrogens with zero attached hydrogens (tertiary/aromatic N) is 3. The van der Waals surface area contributed by atoms with Gasteiger partial charge in [-0.3, -0.25) is 9.78 Å². The Kier molecular flexibility index (Phi) is 5.75. The van der Waals surface area contributed by atoms with Gasteiger partial charge in [-0.15, -0.1) is 10.2 Å². The molecule has 9 heteroatoms. The molecule has 1 aromatic carbocycles. The SMILES string of the molecule is COc1ccc(Cl)cc1NC(=O)C(C)Sc1nnc(-c2ccncc2)o1. The van der Waals surface area contributed by atoms with E-state index in [4.69, 9.17) is 20.8 Å². The number of carbonyl (C=O) groups excluding carboxylic acids is 1. The number of hydrogen-bond donors (Lipinski definition) is 1. The van der Waals surface area contributed by atoms with Crippen LogP contribution in [0.5, 0.6) is 5.75 Å². The van der Waals surface area contributed by atoms with Crippen LogP contribution in [0.15, 0.2) is 52.4 Å². The molecule has 0 saturated heterocycles. The maximum Gasteiger partial charge on any atom is 0.277 e. The van der Waals surface area contributed by atoms with Crippen LogP contribution in [0, 0.1) is 0 Å². The molecule has 0 aliphatic carbocycles. The van der Waals surface area contributed by atoms with Gasteiger partial charge in [0.2, 0.25) is 11.8 Å². The summed E-state index contributed by atoms with van der Waals surface area (Å²) < 4.78 is 10.8. The number of thioether (sulfide) groups is 1. The number of amides is 1. The Balaban J connectivity index is 1.67. The summed E-state index contributed by atoms with van der Waals surface area (Å²) >= 11 is 7.14. The van der Waals surface area contributed by atoms with E-state index in [9.17, 15) is 4.79 Å². The van der Waals surface area contributed by atoms with E-state index in [-0.39, 0.29) is 5.91 Å². The third kappa shape index (κ3) is 4.33. The number of rotatable bonds is 6. The highest BCUT2D eigenvalue weighted by molar-refractivity contribution is 8.00. The van der Waals surface area contributed by atoms with Crippen LogP contribution in [0.25, 0.3) is 11.5 Å². The van der Waals surface area contributed by atoms with Crippen LogP contribution in [0.3, 0.4) is 0 Å². The van der Waals surface area contributed by atoms with Crippen molar-refractivity contribution in [2.75, 3.05) is 12.4 Å². The molecule has 1 atom stereocenters. The molecule has 0 fully saturated rings. The van der Waals surface area contributed by atoms with E-state index >= 15 is 0 Å². The van der Waals surface area contributed by atoms with Gasteiger partial charge in [0.25, 0.3) is 5.22 Å². The lowest BCUT2D eigenvalue weighted by Crippen LogP contribution is -2.22. The summed E-state index contributed by atoms with van der Waals surface area (Å²) in [5.41, 5.74) is 1.26. The highest BCUT2D eigenvalue weighted by atomic mass is 35.5. The van der Waals surface area contributed by atoms with Gasteiger partial charge in [-0.05, 0) is 37.3 Å². The van der Waals surface area contributed by atoms with Crippen LogP contribution >= 0.6 is 23.4 Å². The first-order chi connectivity index (χ1) is 12.6. The minimum absolute atomic E-state index is 0.237. The maximum atomic E-state index is 12.4. The van der Waals surface area contributed by atoms with Gasteiger partial charge in [0.1, 0.15) is 5.75 Å².